The molecule has 158 valence electrons. The van der Waals surface area contributed by atoms with Crippen LogP contribution in [0.1, 0.15) is 29.3 Å². The van der Waals surface area contributed by atoms with Gasteiger partial charge < -0.3 is 29.0 Å². The number of rotatable bonds is 10. The second kappa shape index (κ2) is 10.8. The summed E-state index contributed by atoms with van der Waals surface area (Å²) in [5.74, 6) is 2.37. The number of ether oxygens (including phenoxy) is 5. The lowest BCUT2D eigenvalue weighted by atomic mass is 10.1. The van der Waals surface area contributed by atoms with Crippen molar-refractivity contribution < 1.29 is 28.5 Å². The number of hydrogen-bond acceptors (Lipinski definition) is 6. The molecule has 0 aliphatic rings. The summed E-state index contributed by atoms with van der Waals surface area (Å²) in [7, 11) is 6.18. The van der Waals surface area contributed by atoms with E-state index in [9.17, 15) is 4.79 Å². The molecule has 0 bridgehead atoms. The van der Waals surface area contributed by atoms with E-state index in [0.717, 1.165) is 12.0 Å². The topological polar surface area (TPSA) is 75.3 Å². The van der Waals surface area contributed by atoms with E-state index >= 15 is 0 Å². The fourth-order valence-electron chi connectivity index (χ4n) is 2.72. The summed E-state index contributed by atoms with van der Waals surface area (Å²) >= 11 is 3.45. The van der Waals surface area contributed by atoms with Gasteiger partial charge in [-0.05, 0) is 52.2 Å². The Morgan fingerprint density at radius 1 is 0.897 bits per heavy atom. The van der Waals surface area contributed by atoms with Crippen LogP contribution in [0.5, 0.6) is 28.7 Å². The molecule has 0 unspecified atom stereocenters. The molecule has 29 heavy (non-hydrogen) atoms. The van der Waals surface area contributed by atoms with Gasteiger partial charge in [-0.25, -0.2) is 0 Å². The molecule has 0 heterocycles. The normalized spacial score (nSPS) is 10.3. The van der Waals surface area contributed by atoms with Gasteiger partial charge >= 0.3 is 0 Å². The Kier molecular flexibility index (Phi) is 8.45. The highest BCUT2D eigenvalue weighted by Gasteiger charge is 2.17. The molecule has 0 atom stereocenters. The van der Waals surface area contributed by atoms with Crippen LogP contribution >= 0.6 is 15.9 Å². The van der Waals surface area contributed by atoms with Crippen molar-refractivity contribution in [1.29, 1.82) is 0 Å². The SMILES string of the molecule is CCCOc1c(Br)cc(C(=O)NCc2cc(OC)c(OC)c(OC)c2)cc1OC. The zero-order valence-electron chi connectivity index (χ0n) is 17.3. The average Bonchev–Trinajstić information content (AvgIpc) is 2.74. The van der Waals surface area contributed by atoms with Crippen LogP contribution in [0.3, 0.4) is 0 Å². The quantitative estimate of drug-likeness (QED) is 0.564. The summed E-state index contributed by atoms with van der Waals surface area (Å²) in [5.41, 5.74) is 1.26. The average molecular weight is 468 g/mol. The number of carbonyl (C=O) groups excluding carboxylic acids is 1. The molecule has 0 aliphatic carbocycles. The second-order valence-electron chi connectivity index (χ2n) is 6.05. The maximum atomic E-state index is 12.7. The minimum atomic E-state index is -0.250. The van der Waals surface area contributed by atoms with Gasteiger partial charge in [0, 0.05) is 12.1 Å². The number of halogens is 1. The lowest BCUT2D eigenvalue weighted by molar-refractivity contribution is 0.0950. The van der Waals surface area contributed by atoms with Crippen LogP contribution in [-0.2, 0) is 6.54 Å². The Bertz CT molecular complexity index is 830. The monoisotopic (exact) mass is 467 g/mol. The van der Waals surface area contributed by atoms with Crippen LogP contribution < -0.4 is 29.0 Å². The largest absolute Gasteiger partial charge is 0.493 e. The van der Waals surface area contributed by atoms with Crippen molar-refractivity contribution in [2.45, 2.75) is 19.9 Å². The minimum absolute atomic E-state index is 0.250. The van der Waals surface area contributed by atoms with Crippen LogP contribution in [0.2, 0.25) is 0 Å². The third-order valence-corrected chi connectivity index (χ3v) is 4.71. The van der Waals surface area contributed by atoms with Crippen LogP contribution in [0.25, 0.3) is 0 Å². The van der Waals surface area contributed by atoms with E-state index in [1.165, 1.54) is 7.11 Å². The molecule has 2 aromatic rings. The predicted octanol–water partition coefficient (Wildman–Crippen LogP) is 4.20. The number of hydrogen-bond donors (Lipinski definition) is 1. The molecular weight excluding hydrogens is 442 g/mol. The molecule has 0 aromatic heterocycles. The van der Waals surface area contributed by atoms with Crippen molar-refractivity contribution in [1.82, 2.24) is 5.32 Å². The molecule has 0 fully saturated rings. The molecule has 0 spiro atoms. The Balaban J connectivity index is 2.20. The summed E-state index contributed by atoms with van der Waals surface area (Å²) < 4.78 is 27.8. The molecule has 0 saturated carbocycles. The molecule has 1 N–H and O–H groups in total. The first-order valence-corrected chi connectivity index (χ1v) is 9.85. The van der Waals surface area contributed by atoms with Crippen molar-refractivity contribution in [2.75, 3.05) is 35.0 Å². The third-order valence-electron chi connectivity index (χ3n) is 4.12. The summed E-state index contributed by atoms with van der Waals surface area (Å²) in [6.45, 7) is 2.86. The van der Waals surface area contributed by atoms with Gasteiger partial charge in [-0.1, -0.05) is 6.92 Å². The van der Waals surface area contributed by atoms with Gasteiger partial charge in [-0.3, -0.25) is 4.79 Å². The van der Waals surface area contributed by atoms with Gasteiger partial charge in [0.2, 0.25) is 5.75 Å². The molecule has 8 heteroatoms. The highest BCUT2D eigenvalue weighted by molar-refractivity contribution is 9.10. The van der Waals surface area contributed by atoms with Crippen molar-refractivity contribution in [2.24, 2.45) is 0 Å². The maximum absolute atomic E-state index is 12.7. The highest BCUT2D eigenvalue weighted by Crippen LogP contribution is 2.38. The van der Waals surface area contributed by atoms with Crippen LogP contribution in [0.15, 0.2) is 28.7 Å². The van der Waals surface area contributed by atoms with Crippen LogP contribution in [0, 0.1) is 0 Å². The van der Waals surface area contributed by atoms with E-state index in [1.807, 2.05) is 6.92 Å². The summed E-state index contributed by atoms with van der Waals surface area (Å²) in [6, 6.07) is 6.94. The van der Waals surface area contributed by atoms with E-state index in [0.29, 0.717) is 45.4 Å². The number of methoxy groups -OCH3 is 4. The van der Waals surface area contributed by atoms with Crippen molar-refractivity contribution in [3.63, 3.8) is 0 Å². The fraction of sp³-hybridized carbons (Fsp3) is 0.381. The van der Waals surface area contributed by atoms with Crippen molar-refractivity contribution >= 4 is 21.8 Å². The van der Waals surface area contributed by atoms with Crippen molar-refractivity contribution in [3.8, 4) is 28.7 Å². The van der Waals surface area contributed by atoms with Crippen LogP contribution in [0.4, 0.5) is 0 Å². The first kappa shape index (κ1) is 22.7. The number of carbonyl (C=O) groups is 1. The first-order valence-electron chi connectivity index (χ1n) is 9.06. The standard InChI is InChI=1S/C21H26BrNO6/c1-6-7-29-19-15(22)10-14(11-18(19)27-4)21(24)23-12-13-8-16(25-2)20(28-5)17(9-13)26-3/h8-11H,6-7,12H2,1-5H3,(H,23,24). The molecule has 0 aliphatic heterocycles. The van der Waals surface area contributed by atoms with Crippen LogP contribution in [-0.4, -0.2) is 41.0 Å². The molecule has 2 aromatic carbocycles. The van der Waals surface area contributed by atoms with E-state index < -0.39 is 0 Å². The highest BCUT2D eigenvalue weighted by atomic mass is 79.9. The first-order chi connectivity index (χ1) is 14.0. The van der Waals surface area contributed by atoms with Gasteiger partial charge in [0.15, 0.2) is 23.0 Å². The second-order valence-corrected chi connectivity index (χ2v) is 6.91. The van der Waals surface area contributed by atoms with Gasteiger partial charge in [0.05, 0.1) is 39.5 Å². The predicted molar refractivity (Wildman–Crippen MR) is 114 cm³/mol. The summed E-state index contributed by atoms with van der Waals surface area (Å²) in [6.07, 6.45) is 0.868. The van der Waals surface area contributed by atoms with Gasteiger partial charge in [-0.15, -0.1) is 0 Å². The Morgan fingerprint density at radius 2 is 1.48 bits per heavy atom. The zero-order valence-corrected chi connectivity index (χ0v) is 18.8. The third kappa shape index (κ3) is 5.47. The number of benzene rings is 2. The van der Waals surface area contributed by atoms with Gasteiger partial charge in [0.25, 0.3) is 5.91 Å². The van der Waals surface area contributed by atoms with Gasteiger partial charge in [0.1, 0.15) is 0 Å². The molecule has 7 nitrogen and oxygen atoms in total. The fourth-order valence-corrected chi connectivity index (χ4v) is 3.27. The Labute approximate surface area is 179 Å². The summed E-state index contributed by atoms with van der Waals surface area (Å²) in [4.78, 5) is 12.7. The number of amides is 1. The van der Waals surface area contributed by atoms with Gasteiger partial charge in [-0.2, -0.15) is 0 Å². The zero-order chi connectivity index (χ0) is 21.4. The molecule has 0 saturated heterocycles. The smallest absolute Gasteiger partial charge is 0.251 e. The van der Waals surface area contributed by atoms with E-state index in [2.05, 4.69) is 21.2 Å². The molecule has 1 amide bonds. The summed E-state index contributed by atoms with van der Waals surface area (Å²) in [5, 5.41) is 2.89. The molecule has 2 rings (SSSR count). The van der Waals surface area contributed by atoms with Crippen molar-refractivity contribution in [3.05, 3.63) is 39.9 Å². The van der Waals surface area contributed by atoms with E-state index in [-0.39, 0.29) is 12.5 Å². The van der Waals surface area contributed by atoms with E-state index in [4.69, 9.17) is 23.7 Å². The Morgan fingerprint density at radius 3 is 2.00 bits per heavy atom. The number of nitrogens with one attached hydrogen (secondary N) is 1. The lowest BCUT2D eigenvalue weighted by Gasteiger charge is -2.15. The van der Waals surface area contributed by atoms with E-state index in [1.54, 1.807) is 45.6 Å². The maximum Gasteiger partial charge on any atom is 0.251 e. The molecule has 0 radical (unpaired) electrons. The lowest BCUT2D eigenvalue weighted by Crippen LogP contribution is -2.23. The molecular formula is C21H26BrNO6. The Hall–Kier alpha value is -2.61. The minimum Gasteiger partial charge on any atom is -0.493 e.